The van der Waals surface area contributed by atoms with E-state index in [9.17, 15) is 9.60 Å². The van der Waals surface area contributed by atoms with E-state index in [1.807, 2.05) is 5.48 Å². The average Bonchev–Trinajstić information content (AvgIpc) is 3.17. The first-order valence-corrected chi connectivity index (χ1v) is 9.31. The van der Waals surface area contributed by atoms with Gasteiger partial charge in [0.15, 0.2) is 11.5 Å². The molecule has 3 rings (SSSR count). The highest BCUT2D eigenvalue weighted by Gasteiger charge is 2.16. The Bertz CT molecular complexity index is 797. The largest absolute Gasteiger partial charge is 0.379 e. The highest BCUT2D eigenvalue weighted by atomic mass is 35.5. The molecule has 0 unspecified atom stereocenters. The molecule has 1 aromatic carbocycles. The van der Waals surface area contributed by atoms with E-state index in [2.05, 4.69) is 25.5 Å². The van der Waals surface area contributed by atoms with Crippen LogP contribution < -0.4 is 10.8 Å². The molecule has 1 aliphatic rings. The molecule has 11 heteroatoms. The molecule has 152 valence electrons. The molecule has 0 atom stereocenters. The molecule has 3 N–H and O–H groups in total. The zero-order chi connectivity index (χ0) is 19.8. The summed E-state index contributed by atoms with van der Waals surface area (Å²) in [6.45, 7) is 5.69. The molecule has 28 heavy (non-hydrogen) atoms. The van der Waals surface area contributed by atoms with Crippen LogP contribution in [0.1, 0.15) is 17.8 Å². The molecule has 0 spiro atoms. The third kappa shape index (κ3) is 5.69. The first-order valence-electron chi connectivity index (χ1n) is 8.94. The van der Waals surface area contributed by atoms with Crippen LogP contribution in [0.15, 0.2) is 27.8 Å². The molecule has 2 aromatic rings. The standard InChI is InChI=1S/C17H22ClFN6O3/c18-13-10-12(2-3-14(13)19)21-17(22-26)16-15(23-28-24-16)11-20-4-1-5-25-6-8-27-9-7-25/h2-3,10,20,26H,1,4-9,11H2,(H,21,22). The number of amidine groups is 1. The van der Waals surface area contributed by atoms with E-state index in [4.69, 9.17) is 21.0 Å². The molecule has 0 radical (unpaired) electrons. The van der Waals surface area contributed by atoms with Crippen LogP contribution in [0.3, 0.4) is 0 Å². The summed E-state index contributed by atoms with van der Waals surface area (Å²) in [5, 5.41) is 20.3. The number of aromatic nitrogens is 2. The van der Waals surface area contributed by atoms with E-state index in [0.717, 1.165) is 45.8 Å². The Kier molecular flexibility index (Phi) is 7.69. The lowest BCUT2D eigenvalue weighted by atomic mass is 10.2. The van der Waals surface area contributed by atoms with Crippen molar-refractivity contribution in [3.05, 3.63) is 40.4 Å². The number of nitrogens with zero attached hydrogens (tertiary/aromatic N) is 4. The second-order valence-electron chi connectivity index (χ2n) is 6.21. The maximum absolute atomic E-state index is 13.3. The van der Waals surface area contributed by atoms with Crippen molar-refractivity contribution in [3.63, 3.8) is 0 Å². The van der Waals surface area contributed by atoms with E-state index in [0.29, 0.717) is 17.9 Å². The van der Waals surface area contributed by atoms with Crippen molar-refractivity contribution < 1.29 is 19.0 Å². The van der Waals surface area contributed by atoms with Gasteiger partial charge in [0, 0.05) is 19.6 Å². The van der Waals surface area contributed by atoms with Crippen molar-refractivity contribution in [3.8, 4) is 0 Å². The van der Waals surface area contributed by atoms with Crippen molar-refractivity contribution in [1.82, 2.24) is 26.0 Å². The number of hydroxylamine groups is 1. The van der Waals surface area contributed by atoms with Gasteiger partial charge in [-0.2, -0.15) is 0 Å². The van der Waals surface area contributed by atoms with Crippen molar-refractivity contribution in [1.29, 1.82) is 0 Å². The van der Waals surface area contributed by atoms with Gasteiger partial charge in [0.2, 0.25) is 0 Å². The molecule has 9 nitrogen and oxygen atoms in total. The summed E-state index contributed by atoms with van der Waals surface area (Å²) in [7, 11) is 0. The molecular weight excluding hydrogens is 391 g/mol. The van der Waals surface area contributed by atoms with Crippen LogP contribution in [0.2, 0.25) is 5.02 Å². The zero-order valence-corrected chi connectivity index (χ0v) is 16.0. The highest BCUT2D eigenvalue weighted by molar-refractivity contribution is 6.31. The Balaban J connectivity index is 1.55. The highest BCUT2D eigenvalue weighted by Crippen LogP contribution is 2.22. The van der Waals surface area contributed by atoms with Gasteiger partial charge < -0.3 is 10.1 Å². The molecule has 0 aliphatic carbocycles. The maximum atomic E-state index is 13.3. The number of ether oxygens (including phenoxy) is 1. The Morgan fingerprint density at radius 2 is 2.14 bits per heavy atom. The van der Waals surface area contributed by atoms with Crippen LogP contribution in [-0.2, 0) is 11.3 Å². The fraction of sp³-hybridized carbons (Fsp3) is 0.471. The molecule has 2 heterocycles. The van der Waals surface area contributed by atoms with E-state index >= 15 is 0 Å². The number of halogens is 2. The van der Waals surface area contributed by atoms with Gasteiger partial charge in [-0.1, -0.05) is 16.8 Å². The molecule has 0 amide bonds. The van der Waals surface area contributed by atoms with Gasteiger partial charge in [0.05, 0.1) is 23.9 Å². The minimum absolute atomic E-state index is 0.0223. The van der Waals surface area contributed by atoms with Gasteiger partial charge >= 0.3 is 0 Å². The third-order valence-corrected chi connectivity index (χ3v) is 4.54. The van der Waals surface area contributed by atoms with Gasteiger partial charge in [-0.15, -0.1) is 0 Å². The van der Waals surface area contributed by atoms with E-state index < -0.39 is 5.82 Å². The molecular formula is C17H22ClFN6O3. The van der Waals surface area contributed by atoms with Gasteiger partial charge in [0.25, 0.3) is 0 Å². The van der Waals surface area contributed by atoms with Crippen LogP contribution in [0, 0.1) is 5.82 Å². The van der Waals surface area contributed by atoms with Crippen LogP contribution in [0.4, 0.5) is 10.1 Å². The second kappa shape index (κ2) is 10.4. The molecule has 1 fully saturated rings. The van der Waals surface area contributed by atoms with Crippen LogP contribution in [0.5, 0.6) is 0 Å². The number of nitrogens with one attached hydrogen (secondary N) is 2. The van der Waals surface area contributed by atoms with E-state index in [1.165, 1.54) is 18.2 Å². The van der Waals surface area contributed by atoms with Gasteiger partial charge in [0.1, 0.15) is 11.5 Å². The van der Waals surface area contributed by atoms with E-state index in [1.54, 1.807) is 0 Å². The monoisotopic (exact) mass is 412 g/mol. The van der Waals surface area contributed by atoms with Crippen molar-refractivity contribution in [2.45, 2.75) is 13.0 Å². The number of hydrogen-bond donors (Lipinski definition) is 3. The SMILES string of the molecule is ONC(=Nc1ccc(F)c(Cl)c1)c1nonc1CNCCCN1CCOCC1. The Morgan fingerprint density at radius 3 is 2.89 bits per heavy atom. The van der Waals surface area contributed by atoms with Crippen molar-refractivity contribution in [2.75, 3.05) is 39.4 Å². The van der Waals surface area contributed by atoms with Crippen LogP contribution >= 0.6 is 11.6 Å². The molecule has 0 bridgehead atoms. The predicted octanol–water partition coefficient (Wildman–Crippen LogP) is 1.73. The number of morpholine rings is 1. The number of aliphatic imine (C=N–C) groups is 1. The molecule has 0 saturated carbocycles. The number of rotatable bonds is 8. The first kappa shape index (κ1) is 20.6. The summed E-state index contributed by atoms with van der Waals surface area (Å²) < 4.78 is 23.4. The van der Waals surface area contributed by atoms with Gasteiger partial charge in [-0.05, 0) is 42.9 Å². The summed E-state index contributed by atoms with van der Waals surface area (Å²) in [4.78, 5) is 6.55. The van der Waals surface area contributed by atoms with E-state index in [-0.39, 0.29) is 16.6 Å². The average molecular weight is 413 g/mol. The lowest BCUT2D eigenvalue weighted by Crippen LogP contribution is -2.37. The Hall–Kier alpha value is -2.11. The Morgan fingerprint density at radius 1 is 1.32 bits per heavy atom. The lowest BCUT2D eigenvalue weighted by molar-refractivity contribution is 0.0374. The maximum Gasteiger partial charge on any atom is 0.182 e. The van der Waals surface area contributed by atoms with Gasteiger partial charge in [-0.25, -0.2) is 14.0 Å². The third-order valence-electron chi connectivity index (χ3n) is 4.25. The normalized spacial score (nSPS) is 15.8. The number of benzene rings is 1. The fourth-order valence-corrected chi connectivity index (χ4v) is 2.95. The summed E-state index contributed by atoms with van der Waals surface area (Å²) in [6, 6.07) is 3.95. The minimum atomic E-state index is -0.552. The van der Waals surface area contributed by atoms with Gasteiger partial charge in [-0.3, -0.25) is 15.6 Å². The summed E-state index contributed by atoms with van der Waals surface area (Å²) in [5.74, 6) is -0.529. The van der Waals surface area contributed by atoms with Crippen molar-refractivity contribution in [2.24, 2.45) is 4.99 Å². The summed E-state index contributed by atoms with van der Waals surface area (Å²) in [6.07, 6.45) is 0.980. The summed E-state index contributed by atoms with van der Waals surface area (Å²) >= 11 is 5.76. The first-order chi connectivity index (χ1) is 13.7. The number of hydrogen-bond acceptors (Lipinski definition) is 8. The predicted molar refractivity (Wildman–Crippen MR) is 100 cm³/mol. The molecule has 1 saturated heterocycles. The quantitative estimate of drug-likeness (QED) is 0.260. The second-order valence-corrected chi connectivity index (χ2v) is 6.62. The zero-order valence-electron chi connectivity index (χ0n) is 15.2. The van der Waals surface area contributed by atoms with Crippen molar-refractivity contribution >= 4 is 23.1 Å². The lowest BCUT2D eigenvalue weighted by Gasteiger charge is -2.26. The Labute approximate surface area is 166 Å². The van der Waals surface area contributed by atoms with Crippen LogP contribution in [0.25, 0.3) is 0 Å². The van der Waals surface area contributed by atoms with Crippen LogP contribution in [-0.4, -0.2) is 65.6 Å². The smallest absolute Gasteiger partial charge is 0.182 e. The minimum Gasteiger partial charge on any atom is -0.379 e. The topological polar surface area (TPSA) is 108 Å². The molecule has 1 aliphatic heterocycles. The summed E-state index contributed by atoms with van der Waals surface area (Å²) in [5.41, 5.74) is 3.06. The fourth-order valence-electron chi connectivity index (χ4n) is 2.78. The molecule has 1 aromatic heterocycles.